The molecule has 1 atom stereocenters. The highest BCUT2D eigenvalue weighted by Crippen LogP contribution is 2.36. The van der Waals surface area contributed by atoms with Gasteiger partial charge in [-0.25, -0.2) is 0 Å². The molecule has 0 radical (unpaired) electrons. The number of hydrogen-bond donors (Lipinski definition) is 1. The second-order valence-electron chi connectivity index (χ2n) is 6.73. The third-order valence-electron chi connectivity index (χ3n) is 4.65. The monoisotopic (exact) mass is 399 g/mol. The van der Waals surface area contributed by atoms with Crippen LogP contribution in [-0.4, -0.2) is 29.5 Å². The van der Waals surface area contributed by atoms with Gasteiger partial charge in [0.05, 0.1) is 18.2 Å². The van der Waals surface area contributed by atoms with Gasteiger partial charge in [-0.1, -0.05) is 60.7 Å². The lowest BCUT2D eigenvalue weighted by Crippen LogP contribution is -2.31. The Morgan fingerprint density at radius 1 is 0.931 bits per heavy atom. The summed E-state index contributed by atoms with van der Waals surface area (Å²) in [6.45, 7) is 0.0987. The van der Waals surface area contributed by atoms with Gasteiger partial charge in [-0.05, 0) is 34.9 Å². The van der Waals surface area contributed by atoms with E-state index in [0.29, 0.717) is 16.7 Å². The minimum Gasteiger partial charge on any atom is -0.387 e. The molecular formula is C23H20F3NO2. The van der Waals surface area contributed by atoms with Crippen LogP contribution >= 0.6 is 0 Å². The maximum atomic E-state index is 13.2. The number of halogens is 3. The Morgan fingerprint density at radius 2 is 1.52 bits per heavy atom. The maximum Gasteiger partial charge on any atom is 0.417 e. The largest absolute Gasteiger partial charge is 0.417 e. The summed E-state index contributed by atoms with van der Waals surface area (Å²) in [6, 6.07) is 20.3. The second kappa shape index (κ2) is 8.49. The van der Waals surface area contributed by atoms with Gasteiger partial charge in [0.15, 0.2) is 0 Å². The molecule has 0 aromatic heterocycles. The first kappa shape index (κ1) is 20.6. The third-order valence-corrected chi connectivity index (χ3v) is 4.65. The molecular weight excluding hydrogens is 379 g/mol. The van der Waals surface area contributed by atoms with Crippen molar-refractivity contribution in [3.8, 4) is 11.1 Å². The number of aliphatic hydroxyl groups excluding tert-OH is 1. The van der Waals surface area contributed by atoms with Crippen molar-refractivity contribution in [3.63, 3.8) is 0 Å². The van der Waals surface area contributed by atoms with Gasteiger partial charge in [0.2, 0.25) is 0 Å². The number of nitrogens with zero attached hydrogens (tertiary/aromatic N) is 1. The van der Waals surface area contributed by atoms with Gasteiger partial charge in [-0.15, -0.1) is 0 Å². The molecule has 0 heterocycles. The van der Waals surface area contributed by atoms with Gasteiger partial charge < -0.3 is 10.0 Å². The molecule has 3 rings (SSSR count). The van der Waals surface area contributed by atoms with Gasteiger partial charge in [-0.2, -0.15) is 13.2 Å². The number of rotatable bonds is 5. The van der Waals surface area contributed by atoms with E-state index in [1.165, 1.54) is 41.3 Å². The van der Waals surface area contributed by atoms with Crippen molar-refractivity contribution in [1.82, 2.24) is 4.90 Å². The fourth-order valence-corrected chi connectivity index (χ4v) is 3.12. The number of alkyl halides is 3. The van der Waals surface area contributed by atoms with E-state index in [1.807, 2.05) is 6.07 Å². The first-order valence-electron chi connectivity index (χ1n) is 9.02. The second-order valence-corrected chi connectivity index (χ2v) is 6.73. The molecule has 0 fully saturated rings. The number of aliphatic hydroxyl groups is 1. The molecule has 29 heavy (non-hydrogen) atoms. The lowest BCUT2D eigenvalue weighted by Gasteiger charge is -2.21. The molecule has 6 heteroatoms. The van der Waals surface area contributed by atoms with Gasteiger partial charge in [-0.3, -0.25) is 4.79 Å². The molecule has 0 aliphatic heterocycles. The predicted octanol–water partition coefficient (Wildman–Crippen LogP) is 5.18. The van der Waals surface area contributed by atoms with E-state index < -0.39 is 17.8 Å². The van der Waals surface area contributed by atoms with E-state index in [1.54, 1.807) is 37.4 Å². The molecule has 3 aromatic rings. The molecule has 3 nitrogen and oxygen atoms in total. The zero-order valence-corrected chi connectivity index (χ0v) is 15.7. The van der Waals surface area contributed by atoms with Crippen LogP contribution in [-0.2, 0) is 6.18 Å². The Morgan fingerprint density at radius 3 is 2.14 bits per heavy atom. The first-order valence-corrected chi connectivity index (χ1v) is 9.02. The molecule has 0 aliphatic rings. The third kappa shape index (κ3) is 4.84. The zero-order valence-electron chi connectivity index (χ0n) is 15.7. The minimum absolute atomic E-state index is 0.0619. The highest BCUT2D eigenvalue weighted by atomic mass is 19.4. The number of likely N-dealkylation sites (N-methyl/N-ethyl adjacent to an activating group) is 1. The topological polar surface area (TPSA) is 40.5 Å². The fourth-order valence-electron chi connectivity index (χ4n) is 3.12. The molecule has 0 bridgehead atoms. The van der Waals surface area contributed by atoms with E-state index in [-0.39, 0.29) is 18.0 Å². The van der Waals surface area contributed by atoms with Crippen molar-refractivity contribution >= 4 is 5.91 Å². The molecule has 1 N–H and O–H groups in total. The van der Waals surface area contributed by atoms with Crippen molar-refractivity contribution in [2.24, 2.45) is 0 Å². The predicted molar refractivity (Wildman–Crippen MR) is 105 cm³/mol. The molecule has 3 aromatic carbocycles. The van der Waals surface area contributed by atoms with Crippen LogP contribution in [0.4, 0.5) is 13.2 Å². The Hall–Kier alpha value is -3.12. The van der Waals surface area contributed by atoms with Gasteiger partial charge in [0.25, 0.3) is 5.91 Å². The molecule has 0 saturated heterocycles. The molecule has 1 amide bonds. The van der Waals surface area contributed by atoms with E-state index in [2.05, 4.69) is 0 Å². The normalized spacial score (nSPS) is 12.4. The van der Waals surface area contributed by atoms with Crippen LogP contribution in [0.15, 0.2) is 78.9 Å². The van der Waals surface area contributed by atoms with Gasteiger partial charge >= 0.3 is 6.18 Å². The fraction of sp³-hybridized carbons (Fsp3) is 0.174. The molecule has 0 saturated carbocycles. The summed E-state index contributed by atoms with van der Waals surface area (Å²) in [5.74, 6) is -0.323. The van der Waals surface area contributed by atoms with Crippen molar-refractivity contribution < 1.29 is 23.1 Å². The summed E-state index contributed by atoms with van der Waals surface area (Å²) in [5.41, 5.74) is 0.753. The van der Waals surface area contributed by atoms with Crippen LogP contribution in [0.2, 0.25) is 0 Å². The average Bonchev–Trinajstić information content (AvgIpc) is 2.73. The molecule has 150 valence electrons. The Labute approximate surface area is 167 Å². The van der Waals surface area contributed by atoms with E-state index in [4.69, 9.17) is 0 Å². The summed E-state index contributed by atoms with van der Waals surface area (Å²) in [6.07, 6.45) is -5.29. The zero-order chi connectivity index (χ0) is 21.0. The summed E-state index contributed by atoms with van der Waals surface area (Å²) in [7, 11) is 1.57. The lowest BCUT2D eigenvalue weighted by atomic mass is 9.98. The van der Waals surface area contributed by atoms with Crippen LogP contribution in [0.25, 0.3) is 11.1 Å². The smallest absolute Gasteiger partial charge is 0.387 e. The Bertz CT molecular complexity index is 969. The number of hydrogen-bond acceptors (Lipinski definition) is 2. The quantitative estimate of drug-likeness (QED) is 0.642. The van der Waals surface area contributed by atoms with Crippen molar-refractivity contribution in [3.05, 3.63) is 95.6 Å². The van der Waals surface area contributed by atoms with Crippen molar-refractivity contribution in [1.29, 1.82) is 0 Å². The van der Waals surface area contributed by atoms with Crippen molar-refractivity contribution in [2.45, 2.75) is 12.3 Å². The summed E-state index contributed by atoms with van der Waals surface area (Å²) < 4.78 is 39.7. The summed E-state index contributed by atoms with van der Waals surface area (Å²) in [4.78, 5) is 14.0. The number of amides is 1. The Kier molecular flexibility index (Phi) is 6.03. The summed E-state index contributed by atoms with van der Waals surface area (Å²) in [5, 5.41) is 10.3. The molecule has 0 spiro atoms. The number of carbonyl (C=O) groups is 1. The molecule has 1 unspecified atom stereocenters. The maximum absolute atomic E-state index is 13.2. The van der Waals surface area contributed by atoms with Crippen LogP contribution in [0.3, 0.4) is 0 Å². The minimum atomic E-state index is -4.46. The van der Waals surface area contributed by atoms with Crippen LogP contribution in [0, 0.1) is 0 Å². The summed E-state index contributed by atoms with van der Waals surface area (Å²) >= 11 is 0. The van der Waals surface area contributed by atoms with Crippen molar-refractivity contribution in [2.75, 3.05) is 13.6 Å². The number of carbonyl (C=O) groups excluding carboxylic acids is 1. The highest BCUT2D eigenvalue weighted by Gasteiger charge is 2.33. The van der Waals surface area contributed by atoms with Crippen LogP contribution < -0.4 is 0 Å². The number of benzene rings is 3. The highest BCUT2D eigenvalue weighted by molar-refractivity contribution is 5.94. The molecule has 0 aliphatic carbocycles. The van der Waals surface area contributed by atoms with Crippen LogP contribution in [0.5, 0.6) is 0 Å². The van der Waals surface area contributed by atoms with Crippen LogP contribution in [0.1, 0.15) is 27.6 Å². The van der Waals surface area contributed by atoms with E-state index >= 15 is 0 Å². The van der Waals surface area contributed by atoms with Gasteiger partial charge in [0.1, 0.15) is 0 Å². The Balaban J connectivity index is 1.76. The van der Waals surface area contributed by atoms with E-state index in [9.17, 15) is 23.1 Å². The van der Waals surface area contributed by atoms with E-state index in [0.717, 1.165) is 6.07 Å². The first-order chi connectivity index (χ1) is 13.8. The standard InChI is InChI=1S/C23H20F3NO2/c1-27(15-21(28)17-7-3-2-4-8-17)22(29)18-13-11-16(12-14-18)19-9-5-6-10-20(19)23(24,25)26/h2-14,21,28H,15H2,1H3. The SMILES string of the molecule is CN(CC(O)c1ccccc1)C(=O)c1ccc(-c2ccccc2C(F)(F)F)cc1. The average molecular weight is 399 g/mol. The lowest BCUT2D eigenvalue weighted by molar-refractivity contribution is -0.137. The van der Waals surface area contributed by atoms with Gasteiger partial charge in [0, 0.05) is 12.6 Å².